The highest BCUT2D eigenvalue weighted by atomic mass is 35.5. The number of aromatic carboxylic acids is 1. The summed E-state index contributed by atoms with van der Waals surface area (Å²) >= 11 is 12.1. The molecule has 0 amide bonds. The highest BCUT2D eigenvalue weighted by Crippen LogP contribution is 2.80. The first-order chi connectivity index (χ1) is 47.2. The summed E-state index contributed by atoms with van der Waals surface area (Å²) in [5.74, 6) is 1.14. The van der Waals surface area contributed by atoms with E-state index >= 15 is 0 Å². The number of aliphatic carboxylic acids is 1. The number of nitrogens with zero attached hydrogens (tertiary/aromatic N) is 2. The normalized spacial score (nSPS) is 33.0. The third-order valence-corrected chi connectivity index (χ3v) is 28.3. The number of halogens is 2. The predicted molar refractivity (Wildman–Crippen MR) is 383 cm³/mol. The SMILES string of the molecule is CC(=O)Oc1ccccc1C(=O)O.CO[C@]12CC[C@@]3(C[C@@H]1[C@](C)(O)C(C)(C)C)[C@H]1Cc4ccc(O)c5c4[C@@]3(CCN1CC1CC1)[C@H]2O5.CO[C@]12CC[C@@]3(C[C@@H]1[C@](C)(O)C(C)(C)C)[C@H]1Cc4ccc(O)c5c4[C@@]3(CCN1CC1CC1)[C@H]2O5.O=C(O)Cc1ccccc1Nc1c(Cl)cccc1Cl. The molecule has 538 valence electrons. The summed E-state index contributed by atoms with van der Waals surface area (Å²) in [6, 6.07) is 27.2. The molecule has 0 unspecified atom stereocenters. The smallest absolute Gasteiger partial charge is 0.339 e. The van der Waals surface area contributed by atoms with E-state index in [0.717, 1.165) is 89.1 Å². The largest absolute Gasteiger partial charge is 0.504 e. The molecule has 0 aromatic heterocycles. The van der Waals surface area contributed by atoms with Crippen LogP contribution < -0.4 is 19.5 Å². The first kappa shape index (κ1) is 70.9. The summed E-state index contributed by atoms with van der Waals surface area (Å²) in [4.78, 5) is 37.7. The van der Waals surface area contributed by atoms with Gasteiger partial charge in [0.05, 0.1) is 33.4 Å². The number of methoxy groups -OCH3 is 2. The number of benzene rings is 5. The number of para-hydroxylation sites is 3. The third kappa shape index (κ3) is 10.6. The zero-order valence-electron chi connectivity index (χ0n) is 59.8. The highest BCUT2D eigenvalue weighted by Gasteiger charge is 2.84. The lowest BCUT2D eigenvalue weighted by molar-refractivity contribution is -0.312. The fourth-order valence-corrected chi connectivity index (χ4v) is 22.3. The van der Waals surface area contributed by atoms with Gasteiger partial charge in [-0.05, 0) is 199 Å². The Kier molecular flexibility index (Phi) is 17.6. The van der Waals surface area contributed by atoms with Crippen molar-refractivity contribution in [2.75, 3.05) is 45.7 Å². The number of anilines is 2. The van der Waals surface area contributed by atoms with Crippen LogP contribution >= 0.6 is 23.2 Å². The number of ether oxygens (including phenoxy) is 5. The van der Waals surface area contributed by atoms with Gasteiger partial charge in [0.2, 0.25) is 0 Å². The number of esters is 1. The zero-order chi connectivity index (χ0) is 71.5. The van der Waals surface area contributed by atoms with E-state index in [1.54, 1.807) is 48.5 Å². The van der Waals surface area contributed by atoms with Crippen molar-refractivity contribution in [1.82, 2.24) is 9.80 Å². The molecular weight excluding hydrogens is 1310 g/mol. The van der Waals surface area contributed by atoms with Gasteiger partial charge in [-0.2, -0.15) is 0 Å². The van der Waals surface area contributed by atoms with Gasteiger partial charge in [-0.3, -0.25) is 19.4 Å². The monoisotopic (exact) mass is 1410 g/mol. The van der Waals surface area contributed by atoms with Crippen molar-refractivity contribution in [2.45, 2.75) is 216 Å². The van der Waals surface area contributed by atoms with Crippen LogP contribution in [0, 0.1) is 45.3 Å². The lowest BCUT2D eigenvalue weighted by atomic mass is 9.33. The summed E-state index contributed by atoms with van der Waals surface area (Å²) < 4.78 is 31.6. The molecule has 8 bridgehead atoms. The first-order valence-electron chi connectivity index (χ1n) is 36.3. The molecule has 19 rings (SSSR count). The highest BCUT2D eigenvalue weighted by molar-refractivity contribution is 6.39. The molecule has 7 N–H and O–H groups in total. The summed E-state index contributed by atoms with van der Waals surface area (Å²) in [5, 5.41) is 67.9. The van der Waals surface area contributed by atoms with Gasteiger partial charge in [0.25, 0.3) is 0 Å². The van der Waals surface area contributed by atoms with Crippen molar-refractivity contribution in [2.24, 2.45) is 45.3 Å². The van der Waals surface area contributed by atoms with Gasteiger partial charge in [0.1, 0.15) is 34.7 Å². The van der Waals surface area contributed by atoms with Crippen LogP contribution in [0.4, 0.5) is 11.4 Å². The molecule has 14 aliphatic rings. The van der Waals surface area contributed by atoms with Crippen LogP contribution in [0.2, 0.25) is 10.0 Å². The minimum absolute atomic E-state index is 0.0160. The van der Waals surface area contributed by atoms with Crippen LogP contribution in [0.1, 0.15) is 178 Å². The molecule has 4 aliphatic heterocycles. The van der Waals surface area contributed by atoms with Crippen LogP contribution in [0.5, 0.6) is 28.7 Å². The number of carboxylic acid groups (broad SMARTS) is 2. The number of aliphatic hydroxyl groups is 2. The van der Waals surface area contributed by atoms with Crippen molar-refractivity contribution in [1.29, 1.82) is 0 Å². The summed E-state index contributed by atoms with van der Waals surface area (Å²) in [6.07, 6.45) is 15.2. The van der Waals surface area contributed by atoms with Crippen LogP contribution in [0.25, 0.3) is 0 Å². The fraction of sp³-hybridized carbons (Fsp3) is 0.593. The van der Waals surface area contributed by atoms with E-state index in [2.05, 4.69) is 73.5 Å². The van der Waals surface area contributed by atoms with E-state index in [1.807, 2.05) is 46.3 Å². The predicted octanol–water partition coefficient (Wildman–Crippen LogP) is 14.5. The summed E-state index contributed by atoms with van der Waals surface area (Å²) in [7, 11) is 3.66. The zero-order valence-corrected chi connectivity index (χ0v) is 61.3. The molecule has 19 heteroatoms. The maximum atomic E-state index is 12.2. The molecular formula is C81H101Cl2N3O14. The second-order valence-electron chi connectivity index (χ2n) is 33.9. The number of carboxylic acids is 2. The summed E-state index contributed by atoms with van der Waals surface area (Å²) in [6.45, 7) is 22.8. The maximum absolute atomic E-state index is 12.2. The number of carbonyl (C=O) groups is 3. The van der Waals surface area contributed by atoms with Crippen LogP contribution in [-0.4, -0.2) is 145 Å². The number of hydrogen-bond acceptors (Lipinski definition) is 15. The van der Waals surface area contributed by atoms with Gasteiger partial charge < -0.3 is 59.6 Å². The maximum Gasteiger partial charge on any atom is 0.339 e. The van der Waals surface area contributed by atoms with E-state index in [0.29, 0.717) is 50.6 Å². The van der Waals surface area contributed by atoms with Crippen molar-refractivity contribution in [3.63, 3.8) is 0 Å². The lowest BCUT2D eigenvalue weighted by Gasteiger charge is -2.75. The number of phenolic OH excluding ortho intramolecular Hbond substituents is 2. The van der Waals surface area contributed by atoms with Gasteiger partial charge in [-0.15, -0.1) is 0 Å². The first-order valence-corrected chi connectivity index (χ1v) is 37.1. The number of fused-ring (bicyclic) bond motifs is 4. The molecule has 5 aromatic carbocycles. The Hall–Kier alpha value is -6.15. The number of phenols is 2. The quantitative estimate of drug-likeness (QED) is 0.0404. The number of aromatic hydroxyl groups is 2. The van der Waals surface area contributed by atoms with Crippen molar-refractivity contribution < 1.29 is 68.7 Å². The van der Waals surface area contributed by atoms with E-state index in [1.165, 1.54) is 80.1 Å². The molecule has 4 spiro atoms. The molecule has 8 saturated carbocycles. The number of likely N-dealkylation sites (tertiary alicyclic amines) is 2. The minimum atomic E-state index is -1.11. The van der Waals surface area contributed by atoms with E-state index in [9.17, 15) is 34.8 Å². The number of nitrogens with one attached hydrogen (secondary N) is 1. The van der Waals surface area contributed by atoms with Crippen molar-refractivity contribution in [3.8, 4) is 28.7 Å². The molecule has 10 aliphatic carbocycles. The Balaban J connectivity index is 0.000000121. The molecule has 10 fully saturated rings. The van der Waals surface area contributed by atoms with Gasteiger partial charge in [-0.1, -0.05) is 113 Å². The second kappa shape index (κ2) is 24.8. The average molecular weight is 1410 g/mol. The van der Waals surface area contributed by atoms with Crippen molar-refractivity contribution in [3.05, 3.63) is 134 Å². The molecule has 14 atom stereocenters. The Labute approximate surface area is 598 Å². The Morgan fingerprint density at radius 1 is 0.600 bits per heavy atom. The molecule has 17 nitrogen and oxygen atoms in total. The Bertz CT molecular complexity index is 3880. The molecule has 100 heavy (non-hydrogen) atoms. The number of hydrogen-bond donors (Lipinski definition) is 7. The Morgan fingerprint density at radius 2 is 1.05 bits per heavy atom. The van der Waals surface area contributed by atoms with E-state index in [4.69, 9.17) is 52.4 Å². The lowest BCUT2D eigenvalue weighted by Crippen LogP contribution is -2.83. The second-order valence-corrected chi connectivity index (χ2v) is 34.7. The minimum Gasteiger partial charge on any atom is -0.504 e. The molecule has 5 aromatic rings. The number of carbonyl (C=O) groups excluding carboxylic acids is 1. The van der Waals surface area contributed by atoms with Crippen LogP contribution in [-0.2, 0) is 49.2 Å². The molecule has 4 heterocycles. The average Bonchev–Trinajstić information content (AvgIpc) is 1.47. The summed E-state index contributed by atoms with van der Waals surface area (Å²) in [5.41, 5.74) is 3.47. The van der Waals surface area contributed by atoms with E-state index < -0.39 is 40.3 Å². The van der Waals surface area contributed by atoms with Crippen molar-refractivity contribution >= 4 is 52.5 Å². The van der Waals surface area contributed by atoms with Gasteiger partial charge in [-0.25, -0.2) is 4.79 Å². The van der Waals surface area contributed by atoms with Gasteiger partial charge in [0.15, 0.2) is 23.0 Å². The number of rotatable bonds is 14. The molecule has 2 saturated heterocycles. The topological polar surface area (TPSA) is 237 Å². The molecule has 0 radical (unpaired) electrons. The van der Waals surface area contributed by atoms with Gasteiger partial charge in [0, 0.05) is 96.6 Å². The fourth-order valence-electron chi connectivity index (χ4n) is 21.8. The van der Waals surface area contributed by atoms with Gasteiger partial charge >= 0.3 is 17.9 Å². The standard InChI is InChI=1S/2C29H41NO4.C14H11Cl2NO2.C9H8O4/c2*1-25(2,3)26(4,32)20-15-27-10-11-29(20,33-5)24-28(27)12-13-30(16-17-6-7-17)21(27)14-18-8-9-19(31)23(34-24)22(18)28;15-10-5-3-6-11(16)14(10)17-12-7-2-1-4-9(12)8-13(18)19;1-6(10)13-8-5-3-2-4-7(8)9(11)12/h2*8-9,17,20-21,24,31-32H,6-7,10-16H2,1-5H3;1-7,17H,8H2,(H,18,19);2-5H,1H3,(H,11,12)/t2*20-,21-,24-,26+,27-,28+,29-;;/m11../s1. The van der Waals surface area contributed by atoms with Crippen LogP contribution in [0.15, 0.2) is 91.0 Å². The third-order valence-electron chi connectivity index (χ3n) is 27.7. The Morgan fingerprint density at radius 3 is 1.47 bits per heavy atom. The van der Waals surface area contributed by atoms with E-state index in [-0.39, 0.29) is 85.8 Å². The number of piperidine rings is 2. The van der Waals surface area contributed by atoms with Crippen LogP contribution in [0.3, 0.4) is 0 Å².